The molecule has 170 valence electrons. The molecule has 5 unspecified atom stereocenters. The SMILES string of the molecule is O=c1c(OC2CC(O)C(O)C(O)C2O)c(-c2ccc(O)c(O)c2)oc2cc(O)cc(O)c12. The van der Waals surface area contributed by atoms with Crippen LogP contribution in [-0.4, -0.2) is 71.4 Å². The van der Waals surface area contributed by atoms with E-state index in [-0.39, 0.29) is 28.7 Å². The highest BCUT2D eigenvalue weighted by Gasteiger charge is 2.44. The second-order valence-corrected chi connectivity index (χ2v) is 7.56. The Bertz CT molecular complexity index is 1230. The van der Waals surface area contributed by atoms with Crippen LogP contribution in [0.1, 0.15) is 6.42 Å². The zero-order valence-electron chi connectivity index (χ0n) is 16.3. The normalized spacial score (nSPS) is 25.7. The van der Waals surface area contributed by atoms with Crippen molar-refractivity contribution in [2.24, 2.45) is 0 Å². The predicted molar refractivity (Wildman–Crippen MR) is 108 cm³/mol. The zero-order chi connectivity index (χ0) is 23.3. The molecule has 0 amide bonds. The highest BCUT2D eigenvalue weighted by atomic mass is 16.5. The molecule has 1 fully saturated rings. The first kappa shape index (κ1) is 21.7. The fourth-order valence-electron chi connectivity index (χ4n) is 3.67. The van der Waals surface area contributed by atoms with Crippen LogP contribution in [0.3, 0.4) is 0 Å². The Kier molecular flexibility index (Phi) is 5.34. The van der Waals surface area contributed by atoms with Crippen molar-refractivity contribution in [2.45, 2.75) is 36.9 Å². The van der Waals surface area contributed by atoms with E-state index in [2.05, 4.69) is 0 Å². The molecular weight excluding hydrogens is 428 g/mol. The largest absolute Gasteiger partial charge is 0.508 e. The standard InChI is InChI=1S/C21H20O11/c22-8-4-11(25)15-13(5-8)31-20(7-1-2-9(23)10(24)3-7)21(18(15)29)32-14-6-12(26)16(27)19(30)17(14)28/h1-5,12,14,16-17,19,22-28,30H,6H2. The number of rotatable bonds is 3. The van der Waals surface area contributed by atoms with Crippen LogP contribution in [0.5, 0.6) is 28.7 Å². The van der Waals surface area contributed by atoms with Gasteiger partial charge in [0.1, 0.15) is 46.9 Å². The molecule has 0 saturated heterocycles. The summed E-state index contributed by atoms with van der Waals surface area (Å²) in [6.07, 6.45) is -8.23. The zero-order valence-corrected chi connectivity index (χ0v) is 16.3. The number of phenolic OH excluding ortho intramolecular Hbond substituents is 4. The summed E-state index contributed by atoms with van der Waals surface area (Å²) >= 11 is 0. The molecule has 1 aliphatic carbocycles. The van der Waals surface area contributed by atoms with Gasteiger partial charge in [0.15, 0.2) is 17.3 Å². The average Bonchev–Trinajstić information content (AvgIpc) is 2.73. The van der Waals surface area contributed by atoms with E-state index in [0.29, 0.717) is 0 Å². The van der Waals surface area contributed by atoms with Crippen LogP contribution < -0.4 is 10.2 Å². The molecule has 1 heterocycles. The monoisotopic (exact) mass is 448 g/mol. The summed E-state index contributed by atoms with van der Waals surface area (Å²) in [5.41, 5.74) is -1.07. The van der Waals surface area contributed by atoms with E-state index in [9.17, 15) is 45.6 Å². The van der Waals surface area contributed by atoms with Crippen LogP contribution in [-0.2, 0) is 0 Å². The second kappa shape index (κ2) is 7.88. The Morgan fingerprint density at radius 3 is 2.25 bits per heavy atom. The quantitative estimate of drug-likeness (QED) is 0.248. The molecule has 2 aromatic carbocycles. The van der Waals surface area contributed by atoms with Gasteiger partial charge in [-0.25, -0.2) is 0 Å². The van der Waals surface area contributed by atoms with Crippen molar-refractivity contribution in [3.05, 3.63) is 40.6 Å². The summed E-state index contributed by atoms with van der Waals surface area (Å²) in [5, 5.41) is 79.0. The van der Waals surface area contributed by atoms with Crippen molar-refractivity contribution >= 4 is 11.0 Å². The van der Waals surface area contributed by atoms with Crippen molar-refractivity contribution < 1.29 is 50.0 Å². The highest BCUT2D eigenvalue weighted by Crippen LogP contribution is 2.39. The lowest BCUT2D eigenvalue weighted by Crippen LogP contribution is -2.57. The van der Waals surface area contributed by atoms with E-state index in [1.54, 1.807) is 0 Å². The molecule has 1 aromatic heterocycles. The maximum Gasteiger partial charge on any atom is 0.239 e. The fourth-order valence-corrected chi connectivity index (χ4v) is 3.67. The van der Waals surface area contributed by atoms with Gasteiger partial charge in [0.2, 0.25) is 11.2 Å². The number of ether oxygens (including phenoxy) is 1. The van der Waals surface area contributed by atoms with E-state index in [4.69, 9.17) is 9.15 Å². The molecule has 0 spiro atoms. The number of phenols is 4. The molecule has 1 saturated carbocycles. The first-order chi connectivity index (χ1) is 15.1. The minimum absolute atomic E-state index is 0.0589. The average molecular weight is 448 g/mol. The van der Waals surface area contributed by atoms with Crippen molar-refractivity contribution in [3.63, 3.8) is 0 Å². The number of benzene rings is 2. The van der Waals surface area contributed by atoms with Gasteiger partial charge in [-0.15, -0.1) is 0 Å². The van der Waals surface area contributed by atoms with Crippen LogP contribution in [0.25, 0.3) is 22.3 Å². The predicted octanol–water partition coefficient (Wildman–Crippen LogP) is -0.123. The lowest BCUT2D eigenvalue weighted by atomic mass is 9.87. The number of fused-ring (bicyclic) bond motifs is 1. The smallest absolute Gasteiger partial charge is 0.239 e. The summed E-state index contributed by atoms with van der Waals surface area (Å²) in [4.78, 5) is 13.2. The van der Waals surface area contributed by atoms with Gasteiger partial charge >= 0.3 is 0 Å². The van der Waals surface area contributed by atoms with Gasteiger partial charge in [0.05, 0.1) is 6.10 Å². The van der Waals surface area contributed by atoms with Crippen LogP contribution in [0.4, 0.5) is 0 Å². The van der Waals surface area contributed by atoms with E-state index in [1.165, 1.54) is 6.07 Å². The first-order valence-electron chi connectivity index (χ1n) is 9.52. The van der Waals surface area contributed by atoms with Crippen molar-refractivity contribution in [1.29, 1.82) is 0 Å². The Morgan fingerprint density at radius 1 is 0.844 bits per heavy atom. The number of aromatic hydroxyl groups is 4. The van der Waals surface area contributed by atoms with E-state index in [0.717, 1.165) is 24.3 Å². The topological polar surface area (TPSA) is 201 Å². The Morgan fingerprint density at radius 2 is 1.56 bits per heavy atom. The molecule has 3 aromatic rings. The molecule has 11 nitrogen and oxygen atoms in total. The summed E-state index contributed by atoms with van der Waals surface area (Å²) in [7, 11) is 0. The van der Waals surface area contributed by atoms with Crippen LogP contribution in [0.2, 0.25) is 0 Å². The lowest BCUT2D eigenvalue weighted by Gasteiger charge is -2.38. The molecule has 8 N–H and O–H groups in total. The maximum atomic E-state index is 13.2. The van der Waals surface area contributed by atoms with Gasteiger partial charge in [-0.2, -0.15) is 0 Å². The third-order valence-corrected chi connectivity index (χ3v) is 5.37. The number of aliphatic hydroxyl groups excluding tert-OH is 4. The summed E-state index contributed by atoms with van der Waals surface area (Å²) in [6.45, 7) is 0. The summed E-state index contributed by atoms with van der Waals surface area (Å²) in [5.74, 6) is -2.82. The van der Waals surface area contributed by atoms with Gasteiger partial charge < -0.3 is 50.0 Å². The number of hydrogen-bond acceptors (Lipinski definition) is 11. The molecule has 0 bridgehead atoms. The number of hydrogen-bond donors (Lipinski definition) is 8. The maximum absolute atomic E-state index is 13.2. The van der Waals surface area contributed by atoms with Gasteiger partial charge in [0.25, 0.3) is 0 Å². The fraction of sp³-hybridized carbons (Fsp3) is 0.286. The first-order valence-corrected chi connectivity index (χ1v) is 9.52. The second-order valence-electron chi connectivity index (χ2n) is 7.56. The Balaban J connectivity index is 1.92. The van der Waals surface area contributed by atoms with Crippen molar-refractivity contribution in [3.8, 4) is 40.1 Å². The van der Waals surface area contributed by atoms with Gasteiger partial charge in [-0.3, -0.25) is 4.79 Å². The van der Waals surface area contributed by atoms with E-state index < -0.39 is 64.7 Å². The van der Waals surface area contributed by atoms with Crippen molar-refractivity contribution in [2.75, 3.05) is 0 Å². The lowest BCUT2D eigenvalue weighted by molar-refractivity contribution is -0.170. The number of aliphatic hydroxyl groups is 4. The van der Waals surface area contributed by atoms with Crippen LogP contribution in [0, 0.1) is 0 Å². The minimum atomic E-state index is -1.76. The van der Waals surface area contributed by atoms with E-state index in [1.807, 2.05) is 0 Å². The third kappa shape index (κ3) is 3.56. The van der Waals surface area contributed by atoms with E-state index >= 15 is 0 Å². The molecular formula is C21H20O11. The minimum Gasteiger partial charge on any atom is -0.508 e. The third-order valence-electron chi connectivity index (χ3n) is 5.37. The summed E-state index contributed by atoms with van der Waals surface area (Å²) < 4.78 is 11.3. The summed E-state index contributed by atoms with van der Waals surface area (Å²) in [6, 6.07) is 5.47. The highest BCUT2D eigenvalue weighted by molar-refractivity contribution is 5.88. The van der Waals surface area contributed by atoms with Crippen molar-refractivity contribution in [1.82, 2.24) is 0 Å². The molecule has 11 heteroatoms. The van der Waals surface area contributed by atoms with Crippen LogP contribution in [0.15, 0.2) is 39.5 Å². The van der Waals surface area contributed by atoms with Gasteiger partial charge in [-0.05, 0) is 18.2 Å². The molecule has 1 aliphatic rings. The van der Waals surface area contributed by atoms with Crippen LogP contribution >= 0.6 is 0 Å². The molecule has 32 heavy (non-hydrogen) atoms. The van der Waals surface area contributed by atoms with Gasteiger partial charge in [-0.1, -0.05) is 0 Å². The molecule has 0 aliphatic heterocycles. The Hall–Kier alpha value is -3.51. The molecule has 4 rings (SSSR count). The Labute approximate surface area is 179 Å². The van der Waals surface area contributed by atoms with Gasteiger partial charge in [0, 0.05) is 24.1 Å². The molecule has 0 radical (unpaired) electrons. The molecule has 5 atom stereocenters.